The quantitative estimate of drug-likeness (QED) is 0.765. The van der Waals surface area contributed by atoms with E-state index in [1.807, 2.05) is 20.8 Å². The fourth-order valence-corrected chi connectivity index (χ4v) is 2.88. The zero-order valence-electron chi connectivity index (χ0n) is 17.2. The molecule has 3 rings (SSSR count). The number of carbonyl (C=O) groups is 2. The van der Waals surface area contributed by atoms with E-state index < -0.39 is 23.8 Å². The number of halogens is 3. The smallest absolute Gasteiger partial charge is 0.433 e. The lowest BCUT2D eigenvalue weighted by Crippen LogP contribution is -2.45. The van der Waals surface area contributed by atoms with Gasteiger partial charge in [-0.05, 0) is 35.2 Å². The second-order valence-electron chi connectivity index (χ2n) is 8.12. The maximum Gasteiger partial charge on any atom is 0.433 e. The van der Waals surface area contributed by atoms with Gasteiger partial charge >= 0.3 is 6.18 Å². The molecule has 1 unspecified atom stereocenters. The van der Waals surface area contributed by atoms with Crippen molar-refractivity contribution in [2.24, 2.45) is 0 Å². The van der Waals surface area contributed by atoms with Crippen LogP contribution < -0.4 is 15.4 Å². The number of alkyl halides is 3. The molecule has 0 fully saturated rings. The molecule has 0 saturated carbocycles. The van der Waals surface area contributed by atoms with Gasteiger partial charge in [-0.25, -0.2) is 4.98 Å². The lowest BCUT2D eigenvalue weighted by atomic mass is 9.86. The molecule has 2 aromatic rings. The van der Waals surface area contributed by atoms with Gasteiger partial charge in [-0.1, -0.05) is 32.9 Å². The average Bonchev–Trinajstić information content (AvgIpc) is 2.68. The van der Waals surface area contributed by atoms with Gasteiger partial charge in [0.2, 0.25) is 5.91 Å². The minimum Gasteiger partial charge on any atom is -0.455 e. The van der Waals surface area contributed by atoms with Crippen LogP contribution in [0.3, 0.4) is 0 Å². The molecule has 2 amide bonds. The Morgan fingerprint density at radius 1 is 1.19 bits per heavy atom. The lowest BCUT2D eigenvalue weighted by Gasteiger charge is -2.23. The number of carbonyl (C=O) groups excluding carboxylic acids is 2. The maximum atomic E-state index is 12.8. The number of amides is 2. The topological polar surface area (TPSA) is 80.3 Å². The van der Waals surface area contributed by atoms with E-state index in [1.54, 1.807) is 24.3 Å². The Morgan fingerprint density at radius 2 is 1.94 bits per heavy atom. The van der Waals surface area contributed by atoms with Crippen LogP contribution in [0.15, 0.2) is 48.7 Å². The molecule has 1 aliphatic rings. The minimum atomic E-state index is -4.56. The molecule has 6 nitrogen and oxygen atoms in total. The van der Waals surface area contributed by atoms with Gasteiger partial charge in [0.1, 0.15) is 17.2 Å². The van der Waals surface area contributed by atoms with Crippen molar-refractivity contribution >= 4 is 11.8 Å². The van der Waals surface area contributed by atoms with Crippen LogP contribution in [0, 0.1) is 0 Å². The molecule has 1 aliphatic heterocycles. The Labute approximate surface area is 177 Å². The molecule has 0 bridgehead atoms. The fraction of sp³-hybridized carbons (Fsp3) is 0.318. The number of rotatable bonds is 4. The van der Waals surface area contributed by atoms with Crippen LogP contribution in [0.25, 0.3) is 0 Å². The van der Waals surface area contributed by atoms with Crippen LogP contribution in [0.1, 0.15) is 42.4 Å². The first-order valence-electron chi connectivity index (χ1n) is 9.56. The van der Waals surface area contributed by atoms with E-state index in [1.165, 1.54) is 6.08 Å². The summed E-state index contributed by atoms with van der Waals surface area (Å²) >= 11 is 0. The van der Waals surface area contributed by atoms with Gasteiger partial charge in [0, 0.05) is 12.6 Å². The number of ether oxygens (including phenoxy) is 1. The average molecular weight is 433 g/mol. The number of aromatic nitrogens is 1. The monoisotopic (exact) mass is 433 g/mol. The molecule has 164 valence electrons. The maximum absolute atomic E-state index is 12.8. The number of nitrogens with one attached hydrogen (secondary N) is 2. The van der Waals surface area contributed by atoms with Crippen LogP contribution in [0.2, 0.25) is 0 Å². The van der Waals surface area contributed by atoms with E-state index in [2.05, 4.69) is 15.6 Å². The number of pyridine rings is 1. The van der Waals surface area contributed by atoms with Crippen molar-refractivity contribution in [2.75, 3.05) is 6.54 Å². The molecular weight excluding hydrogens is 411 g/mol. The summed E-state index contributed by atoms with van der Waals surface area (Å²) < 4.78 is 44.0. The summed E-state index contributed by atoms with van der Waals surface area (Å²) in [5.74, 6) is -0.423. The summed E-state index contributed by atoms with van der Waals surface area (Å²) in [4.78, 5) is 27.5. The van der Waals surface area contributed by atoms with Crippen molar-refractivity contribution < 1.29 is 27.5 Å². The Hall–Kier alpha value is -3.36. The van der Waals surface area contributed by atoms with Gasteiger partial charge in [0.25, 0.3) is 5.91 Å². The third-order valence-electron chi connectivity index (χ3n) is 4.64. The molecule has 1 aromatic heterocycles. The minimum absolute atomic E-state index is 0.0675. The molecule has 9 heteroatoms. The van der Waals surface area contributed by atoms with Crippen molar-refractivity contribution in [2.45, 2.75) is 38.4 Å². The normalized spacial score (nSPS) is 16.6. The highest BCUT2D eigenvalue weighted by Crippen LogP contribution is 2.33. The van der Waals surface area contributed by atoms with Crippen molar-refractivity contribution in [1.29, 1.82) is 0 Å². The third kappa shape index (κ3) is 5.62. The number of nitrogens with zero attached hydrogens (tertiary/aromatic N) is 1. The van der Waals surface area contributed by atoms with Gasteiger partial charge in [-0.2, -0.15) is 13.2 Å². The number of hydrogen-bond acceptors (Lipinski definition) is 4. The Morgan fingerprint density at radius 3 is 2.48 bits per heavy atom. The molecule has 0 saturated heterocycles. The van der Waals surface area contributed by atoms with Crippen LogP contribution in [0.4, 0.5) is 13.2 Å². The molecule has 2 N–H and O–H groups in total. The predicted molar refractivity (Wildman–Crippen MR) is 108 cm³/mol. The van der Waals surface area contributed by atoms with Gasteiger partial charge < -0.3 is 15.4 Å². The Kier molecular flexibility index (Phi) is 6.06. The second-order valence-corrected chi connectivity index (χ2v) is 8.12. The molecule has 1 aromatic carbocycles. The van der Waals surface area contributed by atoms with Gasteiger partial charge in [-0.15, -0.1) is 0 Å². The summed E-state index contributed by atoms with van der Waals surface area (Å²) in [6.07, 6.45) is -0.671. The van der Waals surface area contributed by atoms with E-state index in [4.69, 9.17) is 4.74 Å². The highest BCUT2D eigenvalue weighted by molar-refractivity contribution is 5.98. The van der Waals surface area contributed by atoms with Crippen LogP contribution in [-0.2, 0) is 16.4 Å². The summed E-state index contributed by atoms with van der Waals surface area (Å²) in [6.45, 7) is 6.21. The SMILES string of the molecule is CC(C)(C)c1ccc(C(=O)NC2C=CC(=O)NC2)c(Oc2ccc(C(F)(F)F)nc2)c1. The first-order chi connectivity index (χ1) is 14.4. The molecule has 0 aliphatic carbocycles. The third-order valence-corrected chi connectivity index (χ3v) is 4.64. The Balaban J connectivity index is 1.90. The van der Waals surface area contributed by atoms with Crippen molar-refractivity contribution in [1.82, 2.24) is 15.6 Å². The van der Waals surface area contributed by atoms with Crippen molar-refractivity contribution in [3.05, 3.63) is 65.5 Å². The molecule has 0 radical (unpaired) electrons. The second kappa shape index (κ2) is 8.41. The van der Waals surface area contributed by atoms with Gasteiger partial charge in [0.15, 0.2) is 0 Å². The highest BCUT2D eigenvalue weighted by Gasteiger charge is 2.32. The highest BCUT2D eigenvalue weighted by atomic mass is 19.4. The van der Waals surface area contributed by atoms with E-state index >= 15 is 0 Å². The molecule has 1 atom stereocenters. The van der Waals surface area contributed by atoms with Crippen LogP contribution in [0.5, 0.6) is 11.5 Å². The van der Waals surface area contributed by atoms with Crippen molar-refractivity contribution in [3.8, 4) is 11.5 Å². The molecular formula is C22H22F3N3O3. The summed E-state index contributed by atoms with van der Waals surface area (Å²) in [6, 6.07) is 6.66. The van der Waals surface area contributed by atoms with E-state index in [0.29, 0.717) is 0 Å². The lowest BCUT2D eigenvalue weighted by molar-refractivity contribution is -0.141. The van der Waals surface area contributed by atoms with E-state index in [0.717, 1.165) is 23.9 Å². The molecule has 31 heavy (non-hydrogen) atoms. The summed E-state index contributed by atoms with van der Waals surface area (Å²) in [5.41, 5.74) is -0.198. The Bertz CT molecular complexity index is 1010. The fourth-order valence-electron chi connectivity index (χ4n) is 2.88. The van der Waals surface area contributed by atoms with E-state index in [-0.39, 0.29) is 34.9 Å². The largest absolute Gasteiger partial charge is 0.455 e. The van der Waals surface area contributed by atoms with E-state index in [9.17, 15) is 22.8 Å². The standard InChI is InChI=1S/C22H22F3N3O3/c1-21(2,3)13-4-7-16(20(30)28-14-5-9-19(29)27-11-14)17(10-13)31-15-6-8-18(26-12-15)22(23,24)25/h4-10,12,14H,11H2,1-3H3,(H,27,29)(H,28,30). The molecule has 2 heterocycles. The number of hydrogen-bond donors (Lipinski definition) is 2. The molecule has 0 spiro atoms. The first kappa shape index (κ1) is 22.3. The number of benzene rings is 1. The summed E-state index contributed by atoms with van der Waals surface area (Å²) in [5, 5.41) is 5.40. The van der Waals surface area contributed by atoms with Gasteiger partial charge in [-0.3, -0.25) is 9.59 Å². The van der Waals surface area contributed by atoms with Gasteiger partial charge in [0.05, 0.1) is 17.8 Å². The predicted octanol–water partition coefficient (Wildman–Crippen LogP) is 3.97. The first-order valence-corrected chi connectivity index (χ1v) is 9.56. The zero-order chi connectivity index (χ0) is 22.8. The summed E-state index contributed by atoms with van der Waals surface area (Å²) in [7, 11) is 0. The zero-order valence-corrected chi connectivity index (χ0v) is 17.2. The van der Waals surface area contributed by atoms with Crippen molar-refractivity contribution in [3.63, 3.8) is 0 Å². The van der Waals surface area contributed by atoms with Crippen LogP contribution >= 0.6 is 0 Å². The van der Waals surface area contributed by atoms with Crippen LogP contribution in [-0.4, -0.2) is 29.4 Å².